The third kappa shape index (κ3) is 4.17. The van der Waals surface area contributed by atoms with E-state index in [0.717, 1.165) is 30.4 Å². The maximum Gasteiger partial charge on any atom is 0.407 e. The number of benzene rings is 2. The molecule has 2 aromatic rings. The second kappa shape index (κ2) is 9.02. The van der Waals surface area contributed by atoms with E-state index >= 15 is 0 Å². The molecule has 7 nitrogen and oxygen atoms in total. The van der Waals surface area contributed by atoms with Crippen LogP contribution in [0.5, 0.6) is 0 Å². The molecule has 2 amide bonds. The van der Waals surface area contributed by atoms with Crippen molar-refractivity contribution in [1.82, 2.24) is 10.2 Å². The first-order valence-corrected chi connectivity index (χ1v) is 12.5. The minimum atomic E-state index is -1.14. The molecule has 184 valence electrons. The van der Waals surface area contributed by atoms with Crippen molar-refractivity contribution in [1.29, 1.82) is 0 Å². The number of hydrogen-bond donors (Lipinski definition) is 2. The SMILES string of the molecule is CC1(C(=O)O)CCCN1C(=O)CC1(CNC(=O)OCC2c3ccccc3-c3ccccc32)CCC1. The monoisotopic (exact) mass is 476 g/mol. The van der Waals surface area contributed by atoms with Crippen LogP contribution in [-0.2, 0) is 14.3 Å². The predicted molar refractivity (Wildman–Crippen MR) is 131 cm³/mol. The number of carboxylic acid groups (broad SMARTS) is 1. The summed E-state index contributed by atoms with van der Waals surface area (Å²) in [6.45, 7) is 2.70. The van der Waals surface area contributed by atoms with E-state index in [4.69, 9.17) is 4.74 Å². The van der Waals surface area contributed by atoms with E-state index < -0.39 is 17.6 Å². The van der Waals surface area contributed by atoms with Crippen LogP contribution in [0.3, 0.4) is 0 Å². The van der Waals surface area contributed by atoms with Gasteiger partial charge < -0.3 is 20.1 Å². The molecular formula is C28H32N2O5. The topological polar surface area (TPSA) is 95.9 Å². The third-order valence-corrected chi connectivity index (χ3v) is 8.29. The summed E-state index contributed by atoms with van der Waals surface area (Å²) in [5.74, 6) is -1.10. The highest BCUT2D eigenvalue weighted by Gasteiger charge is 2.48. The van der Waals surface area contributed by atoms with Gasteiger partial charge in [0.2, 0.25) is 5.91 Å². The van der Waals surface area contributed by atoms with Crippen LogP contribution in [0.1, 0.15) is 62.5 Å². The number of hydrogen-bond acceptors (Lipinski definition) is 4. The van der Waals surface area contributed by atoms with E-state index in [-0.39, 0.29) is 30.3 Å². The molecule has 1 saturated heterocycles. The van der Waals surface area contributed by atoms with Gasteiger partial charge in [0.05, 0.1) is 0 Å². The molecule has 1 aliphatic heterocycles. The number of fused-ring (bicyclic) bond motifs is 3. The number of aliphatic carboxylic acids is 1. The second-order valence-corrected chi connectivity index (χ2v) is 10.4. The fourth-order valence-electron chi connectivity index (χ4n) is 6.00. The van der Waals surface area contributed by atoms with Crippen molar-refractivity contribution in [3.05, 3.63) is 59.7 Å². The highest BCUT2D eigenvalue weighted by atomic mass is 16.5. The fourth-order valence-corrected chi connectivity index (χ4v) is 6.00. The number of carbonyl (C=O) groups is 3. The number of rotatable bonds is 7. The lowest BCUT2D eigenvalue weighted by molar-refractivity contribution is -0.156. The van der Waals surface area contributed by atoms with E-state index in [1.54, 1.807) is 6.92 Å². The first kappa shape index (κ1) is 23.4. The number of alkyl carbamates (subject to hydrolysis) is 1. The zero-order valence-corrected chi connectivity index (χ0v) is 20.1. The Bertz CT molecular complexity index is 1110. The van der Waals surface area contributed by atoms with Crippen molar-refractivity contribution in [2.24, 2.45) is 5.41 Å². The molecule has 0 radical (unpaired) electrons. The molecule has 7 heteroatoms. The zero-order chi connectivity index (χ0) is 24.6. The minimum Gasteiger partial charge on any atom is -0.480 e. The highest BCUT2D eigenvalue weighted by molar-refractivity contribution is 5.88. The van der Waals surface area contributed by atoms with E-state index in [1.807, 2.05) is 24.3 Å². The summed E-state index contributed by atoms with van der Waals surface area (Å²) in [4.78, 5) is 39.0. The molecule has 35 heavy (non-hydrogen) atoms. The number of amides is 2. The largest absolute Gasteiger partial charge is 0.480 e. The lowest BCUT2D eigenvalue weighted by Crippen LogP contribution is -2.53. The summed E-state index contributed by atoms with van der Waals surface area (Å²) in [5.41, 5.74) is 3.22. The molecule has 3 aliphatic rings. The van der Waals surface area contributed by atoms with Crippen LogP contribution in [0, 0.1) is 5.41 Å². The first-order chi connectivity index (χ1) is 16.8. The predicted octanol–water partition coefficient (Wildman–Crippen LogP) is 4.55. The maximum absolute atomic E-state index is 13.1. The zero-order valence-electron chi connectivity index (χ0n) is 20.1. The molecule has 0 bridgehead atoms. The number of nitrogens with one attached hydrogen (secondary N) is 1. The van der Waals surface area contributed by atoms with Crippen LogP contribution in [0.15, 0.2) is 48.5 Å². The fraction of sp³-hybridized carbons (Fsp3) is 0.464. The number of carbonyl (C=O) groups excluding carboxylic acids is 2. The minimum absolute atomic E-state index is 0.00347. The average Bonchev–Trinajstić information content (AvgIpc) is 3.38. The summed E-state index contributed by atoms with van der Waals surface area (Å²) >= 11 is 0. The van der Waals surface area contributed by atoms with Gasteiger partial charge in [0.1, 0.15) is 12.1 Å². The number of carboxylic acids is 1. The quantitative estimate of drug-likeness (QED) is 0.611. The summed E-state index contributed by atoms with van der Waals surface area (Å²) < 4.78 is 5.65. The van der Waals surface area contributed by atoms with Gasteiger partial charge in [0, 0.05) is 25.4 Å². The lowest BCUT2D eigenvalue weighted by atomic mass is 9.66. The highest BCUT2D eigenvalue weighted by Crippen LogP contribution is 2.46. The Balaban J connectivity index is 1.18. The molecule has 2 fully saturated rings. The van der Waals surface area contributed by atoms with Gasteiger partial charge in [-0.2, -0.15) is 0 Å². The normalized spacial score (nSPS) is 22.1. The van der Waals surface area contributed by atoms with Crippen molar-refractivity contribution in [3.8, 4) is 11.1 Å². The molecule has 0 spiro atoms. The van der Waals surface area contributed by atoms with E-state index in [2.05, 4.69) is 29.6 Å². The van der Waals surface area contributed by atoms with Crippen molar-refractivity contribution in [2.75, 3.05) is 19.7 Å². The Labute approximate surface area is 205 Å². The van der Waals surface area contributed by atoms with Crippen molar-refractivity contribution < 1.29 is 24.2 Å². The summed E-state index contributed by atoms with van der Waals surface area (Å²) in [5, 5.41) is 12.5. The summed E-state index contributed by atoms with van der Waals surface area (Å²) in [6.07, 6.45) is 3.59. The molecule has 2 aromatic carbocycles. The standard InChI is InChI=1S/C28H32N2O5/c1-27(25(32)33)12-7-15-30(27)24(31)16-28(13-6-14-28)18-29-26(34)35-17-23-21-10-4-2-8-19(21)20-9-3-5-11-22(20)23/h2-5,8-11,23H,6-7,12-18H2,1H3,(H,29,34)(H,32,33). The van der Waals surface area contributed by atoms with Crippen LogP contribution in [0.25, 0.3) is 11.1 Å². The second-order valence-electron chi connectivity index (χ2n) is 10.4. The third-order valence-electron chi connectivity index (χ3n) is 8.29. The molecule has 1 unspecified atom stereocenters. The van der Waals surface area contributed by atoms with Gasteiger partial charge in [0.15, 0.2) is 0 Å². The lowest BCUT2D eigenvalue weighted by Gasteiger charge is -2.43. The van der Waals surface area contributed by atoms with Gasteiger partial charge in [-0.05, 0) is 60.3 Å². The Kier molecular flexibility index (Phi) is 6.03. The van der Waals surface area contributed by atoms with Gasteiger partial charge >= 0.3 is 12.1 Å². The molecule has 0 aromatic heterocycles. The van der Waals surface area contributed by atoms with Crippen molar-refractivity contribution in [3.63, 3.8) is 0 Å². The Morgan fingerprint density at radius 3 is 2.20 bits per heavy atom. The first-order valence-electron chi connectivity index (χ1n) is 12.5. The van der Waals surface area contributed by atoms with E-state index in [9.17, 15) is 19.5 Å². The number of ether oxygens (including phenoxy) is 1. The summed E-state index contributed by atoms with van der Waals surface area (Å²) in [7, 11) is 0. The molecule has 1 heterocycles. The Morgan fingerprint density at radius 1 is 1.00 bits per heavy atom. The van der Waals surface area contributed by atoms with E-state index in [1.165, 1.54) is 16.0 Å². The van der Waals surface area contributed by atoms with Gasteiger partial charge in [-0.25, -0.2) is 9.59 Å². The van der Waals surface area contributed by atoms with Gasteiger partial charge in [0.25, 0.3) is 0 Å². The van der Waals surface area contributed by atoms with Gasteiger partial charge in [-0.3, -0.25) is 4.79 Å². The Morgan fingerprint density at radius 2 is 1.63 bits per heavy atom. The molecule has 1 atom stereocenters. The van der Waals surface area contributed by atoms with Crippen molar-refractivity contribution in [2.45, 2.75) is 56.9 Å². The van der Waals surface area contributed by atoms with Gasteiger partial charge in [-0.1, -0.05) is 55.0 Å². The molecule has 2 aliphatic carbocycles. The summed E-state index contributed by atoms with van der Waals surface area (Å²) in [6, 6.07) is 16.4. The Hall–Kier alpha value is -3.35. The molecule has 1 saturated carbocycles. The van der Waals surface area contributed by atoms with Gasteiger partial charge in [-0.15, -0.1) is 0 Å². The molecule has 5 rings (SSSR count). The van der Waals surface area contributed by atoms with Crippen LogP contribution < -0.4 is 5.32 Å². The average molecular weight is 477 g/mol. The molecule has 2 N–H and O–H groups in total. The van der Waals surface area contributed by atoms with E-state index in [0.29, 0.717) is 25.9 Å². The van der Waals surface area contributed by atoms with Crippen LogP contribution in [0.2, 0.25) is 0 Å². The van der Waals surface area contributed by atoms with Crippen LogP contribution >= 0.6 is 0 Å². The van der Waals surface area contributed by atoms with Crippen LogP contribution in [-0.4, -0.2) is 53.2 Å². The number of nitrogens with zero attached hydrogens (tertiary/aromatic N) is 1. The smallest absolute Gasteiger partial charge is 0.407 e. The van der Waals surface area contributed by atoms with Crippen molar-refractivity contribution >= 4 is 18.0 Å². The maximum atomic E-state index is 13.1. The van der Waals surface area contributed by atoms with Crippen LogP contribution in [0.4, 0.5) is 4.79 Å². The molecular weight excluding hydrogens is 444 g/mol. The number of likely N-dealkylation sites (tertiary alicyclic amines) is 1.